The van der Waals surface area contributed by atoms with E-state index in [-0.39, 0.29) is 5.91 Å². The Balaban J connectivity index is 1.44. The number of amides is 1. The number of ether oxygens (including phenoxy) is 1. The molecule has 4 rings (SSSR count). The van der Waals surface area contributed by atoms with E-state index in [4.69, 9.17) is 4.74 Å². The third kappa shape index (κ3) is 4.82. The maximum Gasteiger partial charge on any atom is 0.247 e. The van der Waals surface area contributed by atoms with Gasteiger partial charge in [0.15, 0.2) is 0 Å². The van der Waals surface area contributed by atoms with E-state index in [1.54, 1.807) is 6.20 Å². The molecule has 1 aliphatic rings. The van der Waals surface area contributed by atoms with Gasteiger partial charge in [-0.25, -0.2) is 9.97 Å². The van der Waals surface area contributed by atoms with Gasteiger partial charge < -0.3 is 20.3 Å². The van der Waals surface area contributed by atoms with E-state index in [0.29, 0.717) is 11.6 Å². The number of anilines is 4. The van der Waals surface area contributed by atoms with Crippen LogP contribution in [-0.4, -0.2) is 42.2 Å². The van der Waals surface area contributed by atoms with E-state index in [1.165, 1.54) is 11.8 Å². The second kappa shape index (κ2) is 9.19. The van der Waals surface area contributed by atoms with Gasteiger partial charge in [0.25, 0.3) is 0 Å². The van der Waals surface area contributed by atoms with Crippen LogP contribution >= 0.6 is 0 Å². The third-order valence-electron chi connectivity index (χ3n) is 4.79. The minimum absolute atomic E-state index is 0.240. The summed E-state index contributed by atoms with van der Waals surface area (Å²) in [6, 6.07) is 17.6. The molecule has 0 aliphatic carbocycles. The standard InChI is InChI=1S/C23H23N5O2/c1-2-22(29)25-18-5-3-17(4-6-18)21-11-12-24-23(27-21)26-19-7-9-20(10-8-19)28-13-15-30-16-14-28/h2-12H,1,13-16H2,(H,25,29)(H,24,26,27). The van der Waals surface area contributed by atoms with E-state index in [1.807, 2.05) is 42.5 Å². The molecule has 1 amide bonds. The molecule has 0 radical (unpaired) electrons. The zero-order valence-corrected chi connectivity index (χ0v) is 16.5. The number of nitrogens with zero attached hydrogens (tertiary/aromatic N) is 3. The zero-order chi connectivity index (χ0) is 20.8. The summed E-state index contributed by atoms with van der Waals surface area (Å²) in [6.07, 6.45) is 2.96. The molecule has 0 spiro atoms. The van der Waals surface area contributed by atoms with Crippen molar-refractivity contribution in [3.63, 3.8) is 0 Å². The number of hydrogen-bond acceptors (Lipinski definition) is 6. The Hall–Kier alpha value is -3.71. The highest BCUT2D eigenvalue weighted by molar-refractivity contribution is 5.98. The number of carbonyl (C=O) groups is 1. The van der Waals surface area contributed by atoms with Crippen molar-refractivity contribution in [2.45, 2.75) is 0 Å². The minimum atomic E-state index is -0.240. The van der Waals surface area contributed by atoms with Gasteiger partial charge in [-0.15, -0.1) is 0 Å². The number of rotatable bonds is 6. The molecular formula is C23H23N5O2. The molecule has 0 saturated carbocycles. The molecule has 152 valence electrons. The predicted molar refractivity (Wildman–Crippen MR) is 119 cm³/mol. The lowest BCUT2D eigenvalue weighted by molar-refractivity contribution is -0.111. The monoisotopic (exact) mass is 401 g/mol. The van der Waals surface area contributed by atoms with Gasteiger partial charge in [0, 0.05) is 41.9 Å². The lowest BCUT2D eigenvalue weighted by atomic mass is 10.1. The van der Waals surface area contributed by atoms with Gasteiger partial charge in [0.1, 0.15) is 0 Å². The molecule has 30 heavy (non-hydrogen) atoms. The SMILES string of the molecule is C=CC(=O)Nc1ccc(-c2ccnc(Nc3ccc(N4CCOCC4)cc3)n2)cc1. The largest absolute Gasteiger partial charge is 0.378 e. The van der Waals surface area contributed by atoms with Crippen LogP contribution in [0.25, 0.3) is 11.3 Å². The maximum atomic E-state index is 11.4. The van der Waals surface area contributed by atoms with Crippen molar-refractivity contribution in [2.75, 3.05) is 41.8 Å². The Morgan fingerprint density at radius 2 is 1.70 bits per heavy atom. The Labute approximate surface area is 175 Å². The molecule has 2 heterocycles. The first-order valence-corrected chi connectivity index (χ1v) is 9.78. The number of aromatic nitrogens is 2. The third-order valence-corrected chi connectivity index (χ3v) is 4.79. The summed E-state index contributed by atoms with van der Waals surface area (Å²) in [5, 5.41) is 5.99. The first kappa shape index (κ1) is 19.6. The van der Waals surface area contributed by atoms with Gasteiger partial charge in [-0.3, -0.25) is 4.79 Å². The highest BCUT2D eigenvalue weighted by Gasteiger charge is 2.11. The average molecular weight is 401 g/mol. The molecule has 3 aromatic rings. The Kier molecular flexibility index (Phi) is 6.01. The molecule has 1 aliphatic heterocycles. The van der Waals surface area contributed by atoms with E-state index in [0.717, 1.165) is 43.2 Å². The first-order valence-electron chi connectivity index (χ1n) is 9.78. The number of carbonyl (C=O) groups excluding carboxylic acids is 1. The topological polar surface area (TPSA) is 79.4 Å². The van der Waals surface area contributed by atoms with Crippen LogP contribution in [-0.2, 0) is 9.53 Å². The molecule has 1 fully saturated rings. The zero-order valence-electron chi connectivity index (χ0n) is 16.5. The Bertz CT molecular complexity index is 1010. The van der Waals surface area contributed by atoms with Gasteiger partial charge in [-0.1, -0.05) is 18.7 Å². The molecule has 2 N–H and O–H groups in total. The van der Waals surface area contributed by atoms with Gasteiger partial charge >= 0.3 is 0 Å². The number of morpholine rings is 1. The van der Waals surface area contributed by atoms with Gasteiger partial charge in [-0.05, 0) is 48.5 Å². The summed E-state index contributed by atoms with van der Waals surface area (Å²) in [5.41, 5.74) is 4.53. The maximum absolute atomic E-state index is 11.4. The molecule has 1 saturated heterocycles. The van der Waals surface area contributed by atoms with Crippen LogP contribution in [0.15, 0.2) is 73.4 Å². The fourth-order valence-electron chi connectivity index (χ4n) is 3.20. The lowest BCUT2D eigenvalue weighted by Gasteiger charge is -2.28. The van der Waals surface area contributed by atoms with Crippen molar-refractivity contribution in [1.29, 1.82) is 0 Å². The van der Waals surface area contributed by atoms with E-state index >= 15 is 0 Å². The van der Waals surface area contributed by atoms with Crippen molar-refractivity contribution in [1.82, 2.24) is 9.97 Å². The van der Waals surface area contributed by atoms with Crippen LogP contribution in [0.1, 0.15) is 0 Å². The average Bonchev–Trinajstić information content (AvgIpc) is 2.81. The molecule has 0 unspecified atom stereocenters. The molecule has 2 aromatic carbocycles. The molecule has 0 bridgehead atoms. The van der Waals surface area contributed by atoms with Crippen LogP contribution in [0.5, 0.6) is 0 Å². The van der Waals surface area contributed by atoms with Crippen LogP contribution in [0.3, 0.4) is 0 Å². The van der Waals surface area contributed by atoms with Crippen LogP contribution in [0.4, 0.5) is 23.0 Å². The fourth-order valence-corrected chi connectivity index (χ4v) is 3.20. The Morgan fingerprint density at radius 3 is 2.40 bits per heavy atom. The van der Waals surface area contributed by atoms with Crippen LogP contribution in [0, 0.1) is 0 Å². The summed E-state index contributed by atoms with van der Waals surface area (Å²) in [4.78, 5) is 22.6. The fraction of sp³-hybridized carbons (Fsp3) is 0.174. The number of benzene rings is 2. The summed E-state index contributed by atoms with van der Waals surface area (Å²) < 4.78 is 5.41. The highest BCUT2D eigenvalue weighted by Crippen LogP contribution is 2.23. The van der Waals surface area contributed by atoms with Gasteiger partial charge in [0.05, 0.1) is 18.9 Å². The molecule has 1 aromatic heterocycles. The van der Waals surface area contributed by atoms with Crippen LogP contribution < -0.4 is 15.5 Å². The highest BCUT2D eigenvalue weighted by atomic mass is 16.5. The molecule has 0 atom stereocenters. The lowest BCUT2D eigenvalue weighted by Crippen LogP contribution is -2.36. The summed E-state index contributed by atoms with van der Waals surface area (Å²) >= 11 is 0. The van der Waals surface area contributed by atoms with Crippen LogP contribution in [0.2, 0.25) is 0 Å². The van der Waals surface area contributed by atoms with Crippen molar-refractivity contribution in [3.8, 4) is 11.3 Å². The minimum Gasteiger partial charge on any atom is -0.378 e. The summed E-state index contributed by atoms with van der Waals surface area (Å²) in [6.45, 7) is 6.80. The second-order valence-corrected chi connectivity index (χ2v) is 6.81. The number of nitrogens with one attached hydrogen (secondary N) is 2. The summed E-state index contributed by atoms with van der Waals surface area (Å²) in [7, 11) is 0. The molecule has 7 heteroatoms. The Morgan fingerprint density at radius 1 is 1.00 bits per heavy atom. The van der Waals surface area contributed by atoms with E-state index < -0.39 is 0 Å². The van der Waals surface area contributed by atoms with Crippen molar-refractivity contribution in [2.24, 2.45) is 0 Å². The quantitative estimate of drug-likeness (QED) is 0.611. The predicted octanol–water partition coefficient (Wildman–Crippen LogP) is 3.85. The smallest absolute Gasteiger partial charge is 0.247 e. The van der Waals surface area contributed by atoms with Crippen molar-refractivity contribution >= 4 is 28.9 Å². The molecule has 7 nitrogen and oxygen atoms in total. The van der Waals surface area contributed by atoms with Crippen molar-refractivity contribution in [3.05, 3.63) is 73.4 Å². The second-order valence-electron chi connectivity index (χ2n) is 6.81. The molecular weight excluding hydrogens is 378 g/mol. The summed E-state index contributed by atoms with van der Waals surface area (Å²) in [5.74, 6) is 0.284. The van der Waals surface area contributed by atoms with Gasteiger partial charge in [0.2, 0.25) is 11.9 Å². The van der Waals surface area contributed by atoms with Crippen molar-refractivity contribution < 1.29 is 9.53 Å². The van der Waals surface area contributed by atoms with E-state index in [2.05, 4.69) is 44.2 Å². The first-order chi connectivity index (χ1) is 14.7. The van der Waals surface area contributed by atoms with E-state index in [9.17, 15) is 4.79 Å². The van der Waals surface area contributed by atoms with Gasteiger partial charge in [-0.2, -0.15) is 0 Å². The number of hydrogen-bond donors (Lipinski definition) is 2. The normalized spacial score (nSPS) is 13.5.